The molecule has 4 rings (SSSR count). The quantitative estimate of drug-likeness (QED) is 0.918. The van der Waals surface area contributed by atoms with Crippen LogP contribution in [-0.4, -0.2) is 35.1 Å². The van der Waals surface area contributed by atoms with Crippen LogP contribution in [0.2, 0.25) is 0 Å². The summed E-state index contributed by atoms with van der Waals surface area (Å²) in [6.07, 6.45) is 6.81. The summed E-state index contributed by atoms with van der Waals surface area (Å²) < 4.78 is 5.54. The molecule has 0 saturated carbocycles. The SMILES string of the molecule is Cc1nc(-c2ccc(C(=O)NCC3CCCO3)cc2)nc2c1CCCC2. The lowest BCUT2D eigenvalue weighted by atomic mass is 9.95. The highest BCUT2D eigenvalue weighted by Crippen LogP contribution is 2.25. The van der Waals surface area contributed by atoms with E-state index in [0.29, 0.717) is 12.1 Å². The van der Waals surface area contributed by atoms with Crippen molar-refractivity contribution in [3.05, 3.63) is 46.8 Å². The molecule has 1 atom stereocenters. The maximum Gasteiger partial charge on any atom is 0.251 e. The van der Waals surface area contributed by atoms with Gasteiger partial charge in [0.1, 0.15) is 0 Å². The number of amides is 1. The van der Waals surface area contributed by atoms with E-state index in [0.717, 1.165) is 49.4 Å². The van der Waals surface area contributed by atoms with Crippen LogP contribution in [0.5, 0.6) is 0 Å². The second-order valence-electron chi connectivity index (χ2n) is 7.19. The van der Waals surface area contributed by atoms with Crippen LogP contribution in [0.4, 0.5) is 0 Å². The average Bonchev–Trinajstić information content (AvgIpc) is 3.20. The minimum absolute atomic E-state index is 0.0606. The van der Waals surface area contributed by atoms with Crippen molar-refractivity contribution in [1.29, 1.82) is 0 Å². The van der Waals surface area contributed by atoms with Crippen molar-refractivity contribution in [3.63, 3.8) is 0 Å². The molecule has 1 aliphatic carbocycles. The van der Waals surface area contributed by atoms with E-state index in [1.165, 1.54) is 24.1 Å². The lowest BCUT2D eigenvalue weighted by Crippen LogP contribution is -2.31. The van der Waals surface area contributed by atoms with Gasteiger partial charge in [-0.2, -0.15) is 0 Å². The number of carbonyl (C=O) groups is 1. The van der Waals surface area contributed by atoms with Gasteiger partial charge in [-0.3, -0.25) is 4.79 Å². The number of hydrogen-bond acceptors (Lipinski definition) is 4. The van der Waals surface area contributed by atoms with Crippen LogP contribution in [-0.2, 0) is 17.6 Å². The topological polar surface area (TPSA) is 64.1 Å². The highest BCUT2D eigenvalue weighted by Gasteiger charge is 2.18. The predicted octanol–water partition coefficient (Wildman–Crippen LogP) is 3.24. The Balaban J connectivity index is 1.47. The predicted molar refractivity (Wildman–Crippen MR) is 100 cm³/mol. The monoisotopic (exact) mass is 351 g/mol. The van der Waals surface area contributed by atoms with Crippen LogP contribution in [0.1, 0.15) is 53.0 Å². The Bertz CT molecular complexity index is 796. The maximum atomic E-state index is 12.3. The van der Waals surface area contributed by atoms with Crippen LogP contribution in [0.15, 0.2) is 24.3 Å². The van der Waals surface area contributed by atoms with E-state index in [4.69, 9.17) is 14.7 Å². The van der Waals surface area contributed by atoms with Crippen molar-refractivity contribution in [2.75, 3.05) is 13.2 Å². The van der Waals surface area contributed by atoms with Crippen LogP contribution < -0.4 is 5.32 Å². The zero-order valence-electron chi connectivity index (χ0n) is 15.3. The molecule has 2 heterocycles. The molecule has 1 amide bonds. The number of nitrogens with one attached hydrogen (secondary N) is 1. The van der Waals surface area contributed by atoms with Gasteiger partial charge in [-0.1, -0.05) is 12.1 Å². The van der Waals surface area contributed by atoms with Gasteiger partial charge in [0.25, 0.3) is 5.91 Å². The molecular formula is C21H25N3O2. The minimum Gasteiger partial charge on any atom is -0.376 e. The standard InChI is InChI=1S/C21H25N3O2/c1-14-18-6-2-3-7-19(18)24-20(23-14)15-8-10-16(11-9-15)21(25)22-13-17-5-4-12-26-17/h8-11,17H,2-7,12-13H2,1H3,(H,22,25). The Hall–Kier alpha value is -2.27. The van der Waals surface area contributed by atoms with E-state index in [1.54, 1.807) is 0 Å². The molecule has 5 heteroatoms. The molecule has 1 aromatic carbocycles. The smallest absolute Gasteiger partial charge is 0.251 e. The zero-order chi connectivity index (χ0) is 17.9. The Morgan fingerprint density at radius 3 is 2.73 bits per heavy atom. The average molecular weight is 351 g/mol. The summed E-state index contributed by atoms with van der Waals surface area (Å²) in [6.45, 7) is 3.45. The van der Waals surface area contributed by atoms with Crippen LogP contribution >= 0.6 is 0 Å². The number of benzene rings is 1. The second kappa shape index (κ2) is 7.54. The van der Waals surface area contributed by atoms with Crippen LogP contribution in [0.3, 0.4) is 0 Å². The van der Waals surface area contributed by atoms with Gasteiger partial charge in [-0.15, -0.1) is 0 Å². The van der Waals surface area contributed by atoms with E-state index in [9.17, 15) is 4.79 Å². The first kappa shape index (κ1) is 17.2. The molecule has 1 saturated heterocycles. The normalized spacial score (nSPS) is 19.2. The lowest BCUT2D eigenvalue weighted by molar-refractivity contribution is 0.0858. The second-order valence-corrected chi connectivity index (χ2v) is 7.19. The highest BCUT2D eigenvalue weighted by molar-refractivity contribution is 5.94. The van der Waals surface area contributed by atoms with E-state index in [-0.39, 0.29) is 12.0 Å². The maximum absolute atomic E-state index is 12.3. The Labute approximate surface area is 154 Å². The number of aromatic nitrogens is 2. The molecule has 0 bridgehead atoms. The lowest BCUT2D eigenvalue weighted by Gasteiger charge is -2.17. The summed E-state index contributed by atoms with van der Waals surface area (Å²) in [5.74, 6) is 0.698. The van der Waals surface area contributed by atoms with Crippen molar-refractivity contribution < 1.29 is 9.53 Å². The van der Waals surface area contributed by atoms with Crippen molar-refractivity contribution in [3.8, 4) is 11.4 Å². The Kier molecular flexibility index (Phi) is 4.98. The number of fused-ring (bicyclic) bond motifs is 1. The Morgan fingerprint density at radius 2 is 1.96 bits per heavy atom. The molecule has 2 aromatic rings. The van der Waals surface area contributed by atoms with Gasteiger partial charge in [0, 0.05) is 35.7 Å². The fourth-order valence-electron chi connectivity index (χ4n) is 3.80. The molecule has 1 aliphatic heterocycles. The molecule has 1 fully saturated rings. The summed E-state index contributed by atoms with van der Waals surface area (Å²) in [4.78, 5) is 21.8. The largest absolute Gasteiger partial charge is 0.376 e. The van der Waals surface area contributed by atoms with Crippen LogP contribution in [0.25, 0.3) is 11.4 Å². The van der Waals surface area contributed by atoms with Gasteiger partial charge in [0.2, 0.25) is 0 Å². The van der Waals surface area contributed by atoms with Crippen molar-refractivity contribution >= 4 is 5.91 Å². The fourth-order valence-corrected chi connectivity index (χ4v) is 3.80. The summed E-state index contributed by atoms with van der Waals surface area (Å²) >= 11 is 0. The number of rotatable bonds is 4. The van der Waals surface area contributed by atoms with Crippen molar-refractivity contribution in [2.45, 2.75) is 51.6 Å². The molecule has 26 heavy (non-hydrogen) atoms. The molecule has 0 radical (unpaired) electrons. The fraction of sp³-hybridized carbons (Fsp3) is 0.476. The van der Waals surface area contributed by atoms with Gasteiger partial charge in [0.05, 0.1) is 6.10 Å². The van der Waals surface area contributed by atoms with Gasteiger partial charge in [-0.25, -0.2) is 9.97 Å². The molecule has 5 nitrogen and oxygen atoms in total. The first-order valence-corrected chi connectivity index (χ1v) is 9.57. The number of aryl methyl sites for hydroxylation is 2. The first-order chi connectivity index (χ1) is 12.7. The minimum atomic E-state index is -0.0606. The molecule has 136 valence electrons. The first-order valence-electron chi connectivity index (χ1n) is 9.57. The van der Waals surface area contributed by atoms with Crippen molar-refractivity contribution in [2.24, 2.45) is 0 Å². The number of carbonyl (C=O) groups excluding carboxylic acids is 1. The van der Waals surface area contributed by atoms with E-state index in [1.807, 2.05) is 24.3 Å². The number of hydrogen-bond donors (Lipinski definition) is 1. The van der Waals surface area contributed by atoms with Gasteiger partial charge < -0.3 is 10.1 Å². The summed E-state index contributed by atoms with van der Waals surface area (Å²) in [5.41, 5.74) is 5.21. The zero-order valence-corrected chi connectivity index (χ0v) is 15.3. The van der Waals surface area contributed by atoms with Gasteiger partial charge in [0.15, 0.2) is 5.82 Å². The summed E-state index contributed by atoms with van der Waals surface area (Å²) in [5, 5.41) is 2.95. The third-order valence-electron chi connectivity index (χ3n) is 5.31. The number of nitrogens with zero attached hydrogens (tertiary/aromatic N) is 2. The van der Waals surface area contributed by atoms with Crippen LogP contribution in [0, 0.1) is 6.92 Å². The third-order valence-corrected chi connectivity index (χ3v) is 5.31. The Morgan fingerprint density at radius 1 is 1.15 bits per heavy atom. The molecular weight excluding hydrogens is 326 g/mol. The molecule has 1 aromatic heterocycles. The molecule has 0 spiro atoms. The van der Waals surface area contributed by atoms with E-state index < -0.39 is 0 Å². The molecule has 1 N–H and O–H groups in total. The van der Waals surface area contributed by atoms with Crippen molar-refractivity contribution in [1.82, 2.24) is 15.3 Å². The summed E-state index contributed by atoms with van der Waals surface area (Å²) in [6, 6.07) is 7.56. The molecule has 1 unspecified atom stereocenters. The van der Waals surface area contributed by atoms with Gasteiger partial charge >= 0.3 is 0 Å². The summed E-state index contributed by atoms with van der Waals surface area (Å²) in [7, 11) is 0. The van der Waals surface area contributed by atoms with E-state index >= 15 is 0 Å². The number of ether oxygens (including phenoxy) is 1. The highest BCUT2D eigenvalue weighted by atomic mass is 16.5. The molecule has 2 aliphatic rings. The van der Waals surface area contributed by atoms with E-state index in [2.05, 4.69) is 12.2 Å². The third kappa shape index (κ3) is 3.63. The van der Waals surface area contributed by atoms with Gasteiger partial charge in [-0.05, 0) is 63.1 Å².